The fourth-order valence-electron chi connectivity index (χ4n) is 1.28. The molecule has 0 aliphatic carbocycles. The summed E-state index contributed by atoms with van der Waals surface area (Å²) in [4.78, 5) is 3.60. The van der Waals surface area contributed by atoms with Crippen LogP contribution in [0, 0.1) is 0 Å². The molecule has 0 aliphatic heterocycles. The van der Waals surface area contributed by atoms with Crippen LogP contribution in [0.1, 0.15) is 11.8 Å². The maximum absolute atomic E-state index is 9.50. The lowest BCUT2D eigenvalue weighted by atomic mass is 10.3. The van der Waals surface area contributed by atoms with E-state index in [2.05, 4.69) is 45.3 Å². The Balaban J connectivity index is 2.39. The van der Waals surface area contributed by atoms with Crippen LogP contribution >= 0.6 is 27.3 Å². The third-order valence-electron chi connectivity index (χ3n) is 2.05. The number of nitrogens with zero attached hydrogens (tertiary/aromatic N) is 1. The summed E-state index contributed by atoms with van der Waals surface area (Å²) in [6.45, 7) is 4.77. The summed E-state index contributed by atoms with van der Waals surface area (Å²) in [5, 5.41) is 12.2. The molecule has 14 heavy (non-hydrogen) atoms. The van der Waals surface area contributed by atoms with Gasteiger partial charge in [0.1, 0.15) is 0 Å². The van der Waals surface area contributed by atoms with Gasteiger partial charge in [0.15, 0.2) is 0 Å². The van der Waals surface area contributed by atoms with E-state index < -0.39 is 0 Å². The molecule has 80 valence electrons. The lowest BCUT2D eigenvalue weighted by molar-refractivity contribution is 0.131. The molecule has 1 aromatic rings. The normalized spacial score (nSPS) is 13.4. The second kappa shape index (κ2) is 6.56. The number of aliphatic hydroxyl groups excluding tert-OH is 1. The minimum atomic E-state index is -0.269. The minimum Gasteiger partial charge on any atom is -0.391 e. The summed E-state index contributed by atoms with van der Waals surface area (Å²) in [6.07, 6.45) is -0.269. The summed E-state index contributed by atoms with van der Waals surface area (Å²) in [7, 11) is 0. The van der Waals surface area contributed by atoms with Crippen LogP contribution in [0.2, 0.25) is 0 Å². The van der Waals surface area contributed by atoms with E-state index in [9.17, 15) is 5.11 Å². The summed E-state index contributed by atoms with van der Waals surface area (Å²) in [5.41, 5.74) is 0. The number of thiophene rings is 1. The van der Waals surface area contributed by atoms with Crippen molar-refractivity contribution >= 4 is 27.3 Å². The first kappa shape index (κ1) is 12.2. The van der Waals surface area contributed by atoms with Gasteiger partial charge in [-0.1, -0.05) is 28.9 Å². The molecule has 2 nitrogen and oxygen atoms in total. The molecular formula is C10H16BrNOS. The lowest BCUT2D eigenvalue weighted by Crippen LogP contribution is -2.32. The Morgan fingerprint density at radius 3 is 2.93 bits per heavy atom. The molecular weight excluding hydrogens is 262 g/mol. The van der Waals surface area contributed by atoms with Gasteiger partial charge in [-0.3, -0.25) is 4.90 Å². The molecule has 0 saturated carbocycles. The van der Waals surface area contributed by atoms with E-state index in [1.807, 2.05) is 0 Å². The topological polar surface area (TPSA) is 23.5 Å². The van der Waals surface area contributed by atoms with Gasteiger partial charge >= 0.3 is 0 Å². The Hall–Kier alpha value is 0.1000. The molecule has 0 saturated heterocycles. The van der Waals surface area contributed by atoms with Crippen LogP contribution in [0.15, 0.2) is 17.5 Å². The first-order valence-corrected chi connectivity index (χ1v) is 6.75. The highest BCUT2D eigenvalue weighted by molar-refractivity contribution is 9.09. The van der Waals surface area contributed by atoms with Gasteiger partial charge in [0.05, 0.1) is 6.10 Å². The maximum atomic E-state index is 9.50. The molecule has 0 amide bonds. The quantitative estimate of drug-likeness (QED) is 0.807. The van der Waals surface area contributed by atoms with Crippen LogP contribution < -0.4 is 0 Å². The standard InChI is InChI=1S/C10H16BrNOS/c1-2-12(7-9(13)6-11)8-10-4-3-5-14-10/h3-5,9,13H,2,6-8H2,1H3. The Kier molecular flexibility index (Phi) is 5.70. The molecule has 0 aromatic carbocycles. The van der Waals surface area contributed by atoms with E-state index in [0.29, 0.717) is 5.33 Å². The number of alkyl halides is 1. The minimum absolute atomic E-state index is 0.269. The van der Waals surface area contributed by atoms with Crippen molar-refractivity contribution in [2.75, 3.05) is 18.4 Å². The third-order valence-corrected chi connectivity index (χ3v) is 3.66. The highest BCUT2D eigenvalue weighted by Crippen LogP contribution is 2.12. The van der Waals surface area contributed by atoms with Gasteiger partial charge in [0.2, 0.25) is 0 Å². The summed E-state index contributed by atoms with van der Waals surface area (Å²) >= 11 is 5.04. The molecule has 0 spiro atoms. The number of hydrogen-bond donors (Lipinski definition) is 1. The highest BCUT2D eigenvalue weighted by Gasteiger charge is 2.09. The second-order valence-corrected chi connectivity index (χ2v) is 4.89. The average Bonchev–Trinajstić information content (AvgIpc) is 2.69. The predicted molar refractivity (Wildman–Crippen MR) is 65.1 cm³/mol. The smallest absolute Gasteiger partial charge is 0.0763 e. The van der Waals surface area contributed by atoms with Crippen molar-refractivity contribution in [3.8, 4) is 0 Å². The van der Waals surface area contributed by atoms with Crippen LogP contribution in [0.4, 0.5) is 0 Å². The molecule has 0 bridgehead atoms. The Morgan fingerprint density at radius 2 is 2.43 bits per heavy atom. The van der Waals surface area contributed by atoms with Crippen molar-refractivity contribution in [1.29, 1.82) is 0 Å². The fraction of sp³-hybridized carbons (Fsp3) is 0.600. The third kappa shape index (κ3) is 4.09. The van der Waals surface area contributed by atoms with Crippen molar-refractivity contribution < 1.29 is 5.11 Å². The Labute approximate surface area is 97.7 Å². The van der Waals surface area contributed by atoms with E-state index in [1.54, 1.807) is 11.3 Å². The molecule has 4 heteroatoms. The molecule has 1 atom stereocenters. The van der Waals surface area contributed by atoms with Crippen LogP contribution in [0.25, 0.3) is 0 Å². The van der Waals surface area contributed by atoms with Crippen molar-refractivity contribution in [1.82, 2.24) is 4.90 Å². The van der Waals surface area contributed by atoms with Gasteiger partial charge in [-0.2, -0.15) is 0 Å². The second-order valence-electron chi connectivity index (χ2n) is 3.22. The Morgan fingerprint density at radius 1 is 1.64 bits per heavy atom. The van der Waals surface area contributed by atoms with Crippen molar-refractivity contribution in [2.24, 2.45) is 0 Å². The summed E-state index contributed by atoms with van der Waals surface area (Å²) in [6, 6.07) is 4.20. The molecule has 1 rings (SSSR count). The monoisotopic (exact) mass is 277 g/mol. The number of aliphatic hydroxyl groups is 1. The van der Waals surface area contributed by atoms with Gasteiger partial charge in [0, 0.05) is 23.3 Å². The van der Waals surface area contributed by atoms with E-state index in [1.165, 1.54) is 4.88 Å². The largest absolute Gasteiger partial charge is 0.391 e. The zero-order chi connectivity index (χ0) is 10.4. The van der Waals surface area contributed by atoms with Crippen molar-refractivity contribution in [3.63, 3.8) is 0 Å². The predicted octanol–water partition coefficient (Wildman–Crippen LogP) is 2.33. The summed E-state index contributed by atoms with van der Waals surface area (Å²) < 4.78 is 0. The molecule has 0 radical (unpaired) electrons. The highest BCUT2D eigenvalue weighted by atomic mass is 79.9. The van der Waals surface area contributed by atoms with Gasteiger partial charge in [0.25, 0.3) is 0 Å². The zero-order valence-electron chi connectivity index (χ0n) is 8.32. The van der Waals surface area contributed by atoms with Gasteiger partial charge < -0.3 is 5.11 Å². The zero-order valence-corrected chi connectivity index (χ0v) is 10.7. The molecule has 1 unspecified atom stereocenters. The molecule has 0 fully saturated rings. The summed E-state index contributed by atoms with van der Waals surface area (Å²) in [5.74, 6) is 0. The van der Waals surface area contributed by atoms with Crippen molar-refractivity contribution in [2.45, 2.75) is 19.6 Å². The van der Waals surface area contributed by atoms with E-state index >= 15 is 0 Å². The Bertz CT molecular complexity index is 240. The van der Waals surface area contributed by atoms with Crippen molar-refractivity contribution in [3.05, 3.63) is 22.4 Å². The van der Waals surface area contributed by atoms with Crippen LogP contribution in [0.3, 0.4) is 0 Å². The molecule has 1 N–H and O–H groups in total. The maximum Gasteiger partial charge on any atom is 0.0763 e. The fourth-order valence-corrected chi connectivity index (χ4v) is 2.23. The van der Waals surface area contributed by atoms with E-state index in [4.69, 9.17) is 0 Å². The number of halogens is 1. The number of rotatable bonds is 6. The van der Waals surface area contributed by atoms with Crippen LogP contribution in [-0.4, -0.2) is 34.5 Å². The van der Waals surface area contributed by atoms with E-state index in [-0.39, 0.29) is 6.10 Å². The molecule has 0 aliphatic rings. The molecule has 1 heterocycles. The SMILES string of the molecule is CCN(Cc1cccs1)CC(O)CBr. The van der Waals surface area contributed by atoms with E-state index in [0.717, 1.165) is 19.6 Å². The van der Waals surface area contributed by atoms with Gasteiger partial charge in [-0.15, -0.1) is 11.3 Å². The van der Waals surface area contributed by atoms with Crippen LogP contribution in [-0.2, 0) is 6.54 Å². The molecule has 1 aromatic heterocycles. The van der Waals surface area contributed by atoms with Crippen LogP contribution in [0.5, 0.6) is 0 Å². The lowest BCUT2D eigenvalue weighted by Gasteiger charge is -2.21. The average molecular weight is 278 g/mol. The first-order valence-electron chi connectivity index (χ1n) is 4.75. The number of likely N-dealkylation sites (N-methyl/N-ethyl adjacent to an activating group) is 1. The first-order chi connectivity index (χ1) is 6.76. The van der Waals surface area contributed by atoms with Gasteiger partial charge in [-0.05, 0) is 18.0 Å². The van der Waals surface area contributed by atoms with Gasteiger partial charge in [-0.25, -0.2) is 0 Å². The number of hydrogen-bond acceptors (Lipinski definition) is 3.